The smallest absolute Gasteiger partial charge is 0.294 e. The number of benzene rings is 1. The van der Waals surface area contributed by atoms with Crippen LogP contribution in [0.1, 0.15) is 18.1 Å². The second kappa shape index (κ2) is 8.48. The van der Waals surface area contributed by atoms with E-state index < -0.39 is 10.1 Å². The summed E-state index contributed by atoms with van der Waals surface area (Å²) in [6.45, 7) is 3.87. The van der Waals surface area contributed by atoms with Crippen molar-refractivity contribution in [3.05, 3.63) is 65.3 Å². The van der Waals surface area contributed by atoms with E-state index in [2.05, 4.69) is 4.98 Å². The highest BCUT2D eigenvalue weighted by molar-refractivity contribution is 8.16. The summed E-state index contributed by atoms with van der Waals surface area (Å²) < 4.78 is 29.6. The van der Waals surface area contributed by atoms with Crippen LogP contribution in [0.15, 0.2) is 59.1 Å². The van der Waals surface area contributed by atoms with E-state index in [0.29, 0.717) is 0 Å². The molecule has 3 rings (SSSR count). The number of aryl methyl sites for hydroxylation is 1. The minimum Gasteiger partial charge on any atom is -0.330 e. The van der Waals surface area contributed by atoms with Gasteiger partial charge in [-0.2, -0.15) is 8.42 Å². The van der Waals surface area contributed by atoms with E-state index in [9.17, 15) is 13.2 Å². The number of pyridine rings is 1. The fourth-order valence-corrected chi connectivity index (χ4v) is 3.59. The zero-order valence-corrected chi connectivity index (χ0v) is 16.3. The summed E-state index contributed by atoms with van der Waals surface area (Å²) in [6.07, 6.45) is 3.54. The highest BCUT2D eigenvalue weighted by atomic mass is 32.2. The Morgan fingerprint density at radius 3 is 2.23 bits per heavy atom. The molecule has 1 aliphatic heterocycles. The van der Waals surface area contributed by atoms with Crippen LogP contribution in [0.25, 0.3) is 5.57 Å². The Kier molecular flexibility index (Phi) is 6.57. The van der Waals surface area contributed by atoms with Crippen LogP contribution in [-0.2, 0) is 10.1 Å². The van der Waals surface area contributed by atoms with Gasteiger partial charge in [0.25, 0.3) is 15.4 Å². The highest BCUT2D eigenvalue weighted by Gasteiger charge is 2.24. The summed E-state index contributed by atoms with van der Waals surface area (Å²) in [5, 5.41) is 2.03. The molecule has 1 aromatic carbocycles. The molecule has 1 amide bonds. The fraction of sp³-hybridized carbons (Fsp3) is 0.222. The van der Waals surface area contributed by atoms with Gasteiger partial charge in [-0.25, -0.2) is 0 Å². The normalized spacial score (nSPS) is 17.2. The van der Waals surface area contributed by atoms with Gasteiger partial charge in [0.2, 0.25) is 0 Å². The third-order valence-corrected chi connectivity index (χ3v) is 5.67. The molecule has 0 fully saturated rings. The summed E-state index contributed by atoms with van der Waals surface area (Å²) in [4.78, 5) is 17.1. The molecule has 0 saturated heterocycles. The lowest BCUT2D eigenvalue weighted by atomic mass is 10.0. The van der Waals surface area contributed by atoms with Gasteiger partial charge in [-0.15, -0.1) is 0 Å². The van der Waals surface area contributed by atoms with Crippen molar-refractivity contribution in [2.45, 2.75) is 24.8 Å². The van der Waals surface area contributed by atoms with Gasteiger partial charge in [0.05, 0.1) is 10.9 Å². The molecule has 138 valence electrons. The Morgan fingerprint density at radius 1 is 1.12 bits per heavy atom. The molecule has 0 bridgehead atoms. The monoisotopic (exact) mass is 392 g/mol. The molecule has 0 aliphatic carbocycles. The van der Waals surface area contributed by atoms with Gasteiger partial charge >= 0.3 is 0 Å². The lowest BCUT2D eigenvalue weighted by Crippen LogP contribution is -2.35. The maximum Gasteiger partial charge on any atom is 0.294 e. The van der Waals surface area contributed by atoms with Crippen molar-refractivity contribution in [2.24, 2.45) is 0 Å². The number of likely N-dealkylation sites (N-methyl/N-ethyl adjacent to an activating group) is 1. The number of hydrogen-bond acceptors (Lipinski definition) is 5. The van der Waals surface area contributed by atoms with E-state index >= 15 is 0 Å². The summed E-state index contributed by atoms with van der Waals surface area (Å²) in [5.41, 5.74) is 3.26. The number of carbonyl (C=O) groups is 1. The lowest BCUT2D eigenvalue weighted by Gasteiger charge is -2.30. The van der Waals surface area contributed by atoms with Crippen molar-refractivity contribution < 1.29 is 17.8 Å². The van der Waals surface area contributed by atoms with Crippen molar-refractivity contribution in [1.29, 1.82) is 0 Å². The highest BCUT2D eigenvalue weighted by Crippen LogP contribution is 2.31. The number of aromatic nitrogens is 1. The quantitative estimate of drug-likeness (QED) is 0.781. The van der Waals surface area contributed by atoms with Gasteiger partial charge in [0.15, 0.2) is 0 Å². The molecule has 2 heterocycles. The van der Waals surface area contributed by atoms with E-state index in [1.165, 1.54) is 29.5 Å². The van der Waals surface area contributed by atoms with E-state index in [4.69, 9.17) is 4.55 Å². The van der Waals surface area contributed by atoms with Crippen LogP contribution >= 0.6 is 11.8 Å². The van der Waals surface area contributed by atoms with E-state index in [1.807, 2.05) is 38.4 Å². The van der Waals surface area contributed by atoms with E-state index in [-0.39, 0.29) is 16.2 Å². The van der Waals surface area contributed by atoms with Gasteiger partial charge in [-0.1, -0.05) is 17.7 Å². The van der Waals surface area contributed by atoms with Crippen LogP contribution in [0.3, 0.4) is 0 Å². The molecule has 1 unspecified atom stereocenters. The molecule has 0 spiro atoms. The molecule has 0 saturated carbocycles. The van der Waals surface area contributed by atoms with Crippen LogP contribution in [0, 0.1) is 6.92 Å². The van der Waals surface area contributed by atoms with Gasteiger partial charge in [0.1, 0.15) is 0 Å². The van der Waals surface area contributed by atoms with Crippen LogP contribution in [-0.4, -0.2) is 41.2 Å². The first-order chi connectivity index (χ1) is 12.2. The Balaban J connectivity index is 0.000000197. The number of amides is 1. The summed E-state index contributed by atoms with van der Waals surface area (Å²) >= 11 is 1.24. The second-order valence-electron chi connectivity index (χ2n) is 5.77. The predicted octanol–water partition coefficient (Wildman–Crippen LogP) is 3.85. The van der Waals surface area contributed by atoms with Crippen molar-refractivity contribution in [1.82, 2.24) is 9.88 Å². The third-order valence-electron chi connectivity index (χ3n) is 3.94. The molecule has 6 nitrogen and oxygen atoms in total. The molecule has 2 aromatic rings. The van der Waals surface area contributed by atoms with Gasteiger partial charge < -0.3 is 4.90 Å². The largest absolute Gasteiger partial charge is 0.330 e. The first-order valence-corrected chi connectivity index (χ1v) is 10.1. The van der Waals surface area contributed by atoms with E-state index in [1.54, 1.807) is 29.4 Å². The molecule has 1 N–H and O–H groups in total. The first-order valence-electron chi connectivity index (χ1n) is 7.78. The second-order valence-corrected chi connectivity index (χ2v) is 8.01. The van der Waals surface area contributed by atoms with Crippen LogP contribution in [0.4, 0.5) is 4.79 Å². The third kappa shape index (κ3) is 5.17. The molecule has 1 atom stereocenters. The maximum absolute atomic E-state index is 11.4. The zero-order chi connectivity index (χ0) is 19.3. The fourth-order valence-electron chi connectivity index (χ4n) is 2.23. The topological polar surface area (TPSA) is 87.6 Å². The number of hydrogen-bond donors (Lipinski definition) is 1. The molecule has 0 radical (unpaired) electrons. The molecule has 1 aliphatic rings. The van der Waals surface area contributed by atoms with Crippen LogP contribution < -0.4 is 0 Å². The summed E-state index contributed by atoms with van der Waals surface area (Å²) in [6, 6.07) is 10.0. The number of nitrogens with zero attached hydrogens (tertiary/aromatic N) is 2. The molecule has 26 heavy (non-hydrogen) atoms. The summed E-state index contributed by atoms with van der Waals surface area (Å²) in [5.74, 6) is 0. The lowest BCUT2D eigenvalue weighted by molar-refractivity contribution is 0.228. The number of carbonyl (C=O) groups excluding carboxylic acids is 1. The molecule has 8 heteroatoms. The Hall–Kier alpha value is -2.16. The van der Waals surface area contributed by atoms with Crippen molar-refractivity contribution in [3.63, 3.8) is 0 Å². The Bertz CT molecular complexity index is 895. The maximum atomic E-state index is 11.4. The first kappa shape index (κ1) is 20.2. The average molecular weight is 393 g/mol. The van der Waals surface area contributed by atoms with E-state index in [0.717, 1.165) is 11.1 Å². The Labute approximate surface area is 157 Å². The standard InChI is InChI=1S/C11H12N2OS.C7H8O3S/c1-8-10(7-15-11(14)13(8)2)9-3-5-12-6-4-9;1-6-2-4-7(5-3-6)11(8,9)10/h3-8H,1-2H3;2-5H,1H3,(H,8,9,10). The van der Waals surface area contributed by atoms with Gasteiger partial charge in [-0.3, -0.25) is 14.3 Å². The minimum absolute atomic E-state index is 0.0666. The van der Waals surface area contributed by atoms with Crippen molar-refractivity contribution >= 4 is 32.7 Å². The van der Waals surface area contributed by atoms with Gasteiger partial charge in [0, 0.05) is 19.4 Å². The zero-order valence-electron chi connectivity index (χ0n) is 14.7. The predicted molar refractivity (Wildman–Crippen MR) is 103 cm³/mol. The van der Waals surface area contributed by atoms with Crippen LogP contribution in [0.2, 0.25) is 0 Å². The molecular weight excluding hydrogens is 372 g/mol. The molecular formula is C18H20N2O4S2. The average Bonchev–Trinajstić information content (AvgIpc) is 2.61. The number of thioether (sulfide) groups is 1. The summed E-state index contributed by atoms with van der Waals surface area (Å²) in [7, 11) is -2.19. The van der Waals surface area contributed by atoms with Crippen LogP contribution in [0.5, 0.6) is 0 Å². The van der Waals surface area contributed by atoms with Crippen molar-refractivity contribution in [3.8, 4) is 0 Å². The SMILES string of the molecule is CC1C(c2ccncc2)=CSC(=O)N1C.Cc1ccc(S(=O)(=O)O)cc1. The number of rotatable bonds is 2. The Morgan fingerprint density at radius 2 is 1.69 bits per heavy atom. The molecule has 1 aromatic heterocycles. The van der Waals surface area contributed by atoms with Crippen molar-refractivity contribution in [2.75, 3.05) is 7.05 Å². The van der Waals surface area contributed by atoms with Gasteiger partial charge in [-0.05, 0) is 66.4 Å². The minimum atomic E-state index is -4.02.